The molecule has 1 aromatic heterocycles. The van der Waals surface area contributed by atoms with Crippen molar-refractivity contribution in [1.82, 2.24) is 9.97 Å². The number of anilines is 4. The van der Waals surface area contributed by atoms with Crippen molar-refractivity contribution >= 4 is 28.8 Å². The Labute approximate surface area is 128 Å². The molecule has 7 heteroatoms. The lowest BCUT2D eigenvalue weighted by Crippen LogP contribution is -2.12. The average Bonchev–Trinajstić information content (AvgIpc) is 2.51. The number of carbonyl (C=O) groups is 1. The van der Waals surface area contributed by atoms with E-state index in [2.05, 4.69) is 20.6 Å². The van der Waals surface area contributed by atoms with Gasteiger partial charge in [0.25, 0.3) is 0 Å². The van der Waals surface area contributed by atoms with Crippen LogP contribution in [0.4, 0.5) is 23.0 Å². The fraction of sp³-hybridized carbons (Fsp3) is 0.267. The van der Waals surface area contributed by atoms with Crippen molar-refractivity contribution in [1.29, 1.82) is 0 Å². The number of hydrogen-bond donors (Lipinski definition) is 3. The maximum absolute atomic E-state index is 11.4. The summed E-state index contributed by atoms with van der Waals surface area (Å²) in [7, 11) is 1.63. The Balaban J connectivity index is 2.17. The van der Waals surface area contributed by atoms with Crippen LogP contribution in [0.15, 0.2) is 30.6 Å². The minimum Gasteiger partial charge on any atom is -0.393 e. The summed E-state index contributed by atoms with van der Waals surface area (Å²) in [6.07, 6.45) is 1.42. The minimum atomic E-state index is 0.00114. The smallest absolute Gasteiger partial charge is 0.159 e. The predicted octanol–water partition coefficient (Wildman–Crippen LogP) is 2.06. The second-order valence-corrected chi connectivity index (χ2v) is 4.67. The zero-order valence-corrected chi connectivity index (χ0v) is 12.6. The minimum absolute atomic E-state index is 0.00114. The molecule has 0 fully saturated rings. The zero-order valence-electron chi connectivity index (χ0n) is 12.6. The number of rotatable bonds is 7. The van der Waals surface area contributed by atoms with Gasteiger partial charge in [0, 0.05) is 24.9 Å². The number of ether oxygens (including phenoxy) is 1. The van der Waals surface area contributed by atoms with Crippen LogP contribution >= 0.6 is 0 Å². The normalized spacial score (nSPS) is 10.3. The first-order valence-electron chi connectivity index (χ1n) is 6.83. The van der Waals surface area contributed by atoms with Crippen molar-refractivity contribution in [2.45, 2.75) is 6.92 Å². The molecule has 7 nitrogen and oxygen atoms in total. The van der Waals surface area contributed by atoms with E-state index in [0.717, 1.165) is 5.69 Å². The lowest BCUT2D eigenvalue weighted by molar-refractivity contribution is 0.101. The van der Waals surface area contributed by atoms with Crippen LogP contribution < -0.4 is 16.4 Å². The topological polar surface area (TPSA) is 102 Å². The summed E-state index contributed by atoms with van der Waals surface area (Å²) in [6.45, 7) is 2.67. The number of aromatic nitrogens is 2. The maximum Gasteiger partial charge on any atom is 0.159 e. The molecular formula is C15H19N5O2. The highest BCUT2D eigenvalue weighted by molar-refractivity contribution is 5.95. The highest BCUT2D eigenvalue weighted by atomic mass is 16.5. The Kier molecular flexibility index (Phi) is 5.26. The van der Waals surface area contributed by atoms with Crippen molar-refractivity contribution in [3.05, 3.63) is 36.2 Å². The monoisotopic (exact) mass is 301 g/mol. The molecule has 0 spiro atoms. The molecule has 0 aliphatic heterocycles. The van der Waals surface area contributed by atoms with Crippen molar-refractivity contribution in [2.75, 3.05) is 36.6 Å². The molecule has 4 N–H and O–H groups in total. The first-order valence-corrected chi connectivity index (χ1v) is 6.83. The first kappa shape index (κ1) is 15.7. The van der Waals surface area contributed by atoms with E-state index in [-0.39, 0.29) is 5.78 Å². The molecule has 116 valence electrons. The molecule has 0 bridgehead atoms. The molecule has 0 aliphatic carbocycles. The Bertz CT molecular complexity index is 660. The van der Waals surface area contributed by atoms with Crippen LogP contribution in [-0.2, 0) is 4.74 Å². The van der Waals surface area contributed by atoms with Crippen molar-refractivity contribution in [3.63, 3.8) is 0 Å². The molecule has 1 heterocycles. The molecule has 2 aromatic rings. The highest BCUT2D eigenvalue weighted by Crippen LogP contribution is 2.25. The molecule has 0 saturated heterocycles. The van der Waals surface area contributed by atoms with Gasteiger partial charge in [-0.2, -0.15) is 0 Å². The van der Waals surface area contributed by atoms with Gasteiger partial charge >= 0.3 is 0 Å². The summed E-state index contributed by atoms with van der Waals surface area (Å²) in [5.41, 5.74) is 7.82. The molecule has 2 rings (SSSR count). The number of ketones is 1. The molecule has 1 aromatic carbocycles. The molecular weight excluding hydrogens is 282 g/mol. The van der Waals surface area contributed by atoms with E-state index in [9.17, 15) is 4.79 Å². The molecule has 0 aliphatic rings. The third kappa shape index (κ3) is 3.92. The second kappa shape index (κ2) is 7.37. The van der Waals surface area contributed by atoms with E-state index in [4.69, 9.17) is 10.5 Å². The summed E-state index contributed by atoms with van der Waals surface area (Å²) in [5, 5.41) is 6.17. The fourth-order valence-electron chi connectivity index (χ4n) is 1.86. The summed E-state index contributed by atoms with van der Waals surface area (Å²) in [6, 6.07) is 7.15. The largest absolute Gasteiger partial charge is 0.393 e. The number of benzene rings is 1. The number of nitrogens with one attached hydrogen (secondary N) is 2. The van der Waals surface area contributed by atoms with Gasteiger partial charge in [-0.05, 0) is 19.1 Å². The Morgan fingerprint density at radius 2 is 2.09 bits per heavy atom. The van der Waals surface area contributed by atoms with Gasteiger partial charge < -0.3 is 21.1 Å². The van der Waals surface area contributed by atoms with Crippen LogP contribution in [0.25, 0.3) is 0 Å². The number of nitrogen functional groups attached to an aromatic ring is 1. The van der Waals surface area contributed by atoms with Gasteiger partial charge in [0.15, 0.2) is 17.4 Å². The molecule has 0 amide bonds. The Morgan fingerprint density at radius 1 is 1.32 bits per heavy atom. The molecule has 0 atom stereocenters. The Morgan fingerprint density at radius 3 is 2.82 bits per heavy atom. The SMILES string of the molecule is COCCNc1ncnc(Nc2cccc(C(C)=O)c2)c1N. The van der Waals surface area contributed by atoms with E-state index < -0.39 is 0 Å². The van der Waals surface area contributed by atoms with Gasteiger partial charge in [0.2, 0.25) is 0 Å². The van der Waals surface area contributed by atoms with E-state index in [1.807, 2.05) is 6.07 Å². The summed E-state index contributed by atoms with van der Waals surface area (Å²) < 4.78 is 4.97. The molecule has 22 heavy (non-hydrogen) atoms. The van der Waals surface area contributed by atoms with E-state index in [1.165, 1.54) is 13.3 Å². The average molecular weight is 301 g/mol. The lowest BCUT2D eigenvalue weighted by Gasteiger charge is -2.12. The van der Waals surface area contributed by atoms with Gasteiger partial charge in [-0.25, -0.2) is 9.97 Å². The summed E-state index contributed by atoms with van der Waals surface area (Å²) >= 11 is 0. The number of methoxy groups -OCH3 is 1. The van der Waals surface area contributed by atoms with Crippen LogP contribution in [0.5, 0.6) is 0 Å². The summed E-state index contributed by atoms with van der Waals surface area (Å²) in [5.74, 6) is 1.02. The van der Waals surface area contributed by atoms with Crippen molar-refractivity contribution in [3.8, 4) is 0 Å². The second-order valence-electron chi connectivity index (χ2n) is 4.67. The number of nitrogens with two attached hydrogens (primary N) is 1. The standard InChI is InChI=1S/C15H19N5O2/c1-10(21)11-4-3-5-12(8-11)20-15-13(16)14(18-9-19-15)17-6-7-22-2/h3-5,8-9H,6-7,16H2,1-2H3,(H2,17,18,19,20). The van der Waals surface area contributed by atoms with Crippen LogP contribution in [-0.4, -0.2) is 36.0 Å². The van der Waals surface area contributed by atoms with Gasteiger partial charge in [-0.3, -0.25) is 4.79 Å². The molecule has 0 unspecified atom stereocenters. The van der Waals surface area contributed by atoms with E-state index in [1.54, 1.807) is 25.3 Å². The maximum atomic E-state index is 11.4. The highest BCUT2D eigenvalue weighted by Gasteiger charge is 2.08. The van der Waals surface area contributed by atoms with Crippen LogP contribution in [0.1, 0.15) is 17.3 Å². The van der Waals surface area contributed by atoms with E-state index in [0.29, 0.717) is 36.0 Å². The van der Waals surface area contributed by atoms with Crippen LogP contribution in [0.2, 0.25) is 0 Å². The third-order valence-corrected chi connectivity index (χ3v) is 3.01. The number of nitrogens with zero attached hydrogens (tertiary/aromatic N) is 2. The fourth-order valence-corrected chi connectivity index (χ4v) is 1.86. The quantitative estimate of drug-likeness (QED) is 0.531. The summed E-state index contributed by atoms with van der Waals surface area (Å²) in [4.78, 5) is 19.7. The number of Topliss-reactive ketones (excluding diaryl/α,β-unsaturated/α-hetero) is 1. The van der Waals surface area contributed by atoms with Crippen molar-refractivity contribution < 1.29 is 9.53 Å². The number of carbonyl (C=O) groups excluding carboxylic acids is 1. The Hall–Kier alpha value is -2.67. The molecule has 0 radical (unpaired) electrons. The predicted molar refractivity (Wildman–Crippen MR) is 86.5 cm³/mol. The van der Waals surface area contributed by atoms with Gasteiger partial charge in [0.05, 0.1) is 6.61 Å². The first-order chi connectivity index (χ1) is 10.6. The number of hydrogen-bond acceptors (Lipinski definition) is 7. The van der Waals surface area contributed by atoms with Gasteiger partial charge in [-0.1, -0.05) is 12.1 Å². The third-order valence-electron chi connectivity index (χ3n) is 3.01. The van der Waals surface area contributed by atoms with E-state index >= 15 is 0 Å². The van der Waals surface area contributed by atoms with Crippen LogP contribution in [0, 0.1) is 0 Å². The zero-order chi connectivity index (χ0) is 15.9. The van der Waals surface area contributed by atoms with Gasteiger partial charge in [0.1, 0.15) is 12.0 Å². The lowest BCUT2D eigenvalue weighted by atomic mass is 10.1. The van der Waals surface area contributed by atoms with Crippen LogP contribution in [0.3, 0.4) is 0 Å². The van der Waals surface area contributed by atoms with Gasteiger partial charge in [-0.15, -0.1) is 0 Å². The molecule has 0 saturated carbocycles. The van der Waals surface area contributed by atoms with Crippen molar-refractivity contribution in [2.24, 2.45) is 0 Å².